The molecule has 174 valence electrons. The quantitative estimate of drug-likeness (QED) is 0.136. The fraction of sp³-hybridized carbons (Fsp3) is 0.0417. The number of nitrogens with zero attached hydrogens (tertiary/aromatic N) is 3. The number of halogens is 1. The highest BCUT2D eigenvalue weighted by molar-refractivity contribution is 14.1. The van der Waals surface area contributed by atoms with Gasteiger partial charge in [0.2, 0.25) is 0 Å². The maximum atomic E-state index is 12.5. The van der Waals surface area contributed by atoms with Gasteiger partial charge in [-0.15, -0.1) is 0 Å². The van der Waals surface area contributed by atoms with Crippen molar-refractivity contribution in [2.75, 3.05) is 0 Å². The van der Waals surface area contributed by atoms with Crippen LogP contribution < -0.4 is 0 Å². The molecule has 11 heteroatoms. The van der Waals surface area contributed by atoms with Gasteiger partial charge in [-0.25, -0.2) is 0 Å². The van der Waals surface area contributed by atoms with Crippen LogP contribution >= 0.6 is 22.6 Å². The van der Waals surface area contributed by atoms with E-state index >= 15 is 0 Å². The van der Waals surface area contributed by atoms with Gasteiger partial charge < -0.3 is 0 Å². The summed E-state index contributed by atoms with van der Waals surface area (Å²) < 4.78 is 0.279. The van der Waals surface area contributed by atoms with Gasteiger partial charge in [-0.3, -0.25) is 35.1 Å². The largest absolute Gasteiger partial charge is 0.289 e. The number of ketones is 1. The normalized spacial score (nSPS) is 11.3. The summed E-state index contributed by atoms with van der Waals surface area (Å²) in [6, 6.07) is 18.9. The molecule has 0 spiro atoms. The first kappa shape index (κ1) is 23.9. The van der Waals surface area contributed by atoms with Crippen LogP contribution in [-0.2, 0) is 0 Å². The van der Waals surface area contributed by atoms with Gasteiger partial charge in [-0.1, -0.05) is 48.0 Å². The van der Waals surface area contributed by atoms with E-state index in [1.165, 1.54) is 22.4 Å². The summed E-state index contributed by atoms with van der Waals surface area (Å²) in [7, 11) is 0. The number of aryl methyl sites for hydroxylation is 1. The summed E-state index contributed by atoms with van der Waals surface area (Å²) in [5.41, 5.74) is -0.339. The Balaban J connectivity index is 0.000000218. The molecule has 0 aromatic heterocycles. The maximum Gasteiger partial charge on any atom is 0.284 e. The van der Waals surface area contributed by atoms with Crippen LogP contribution in [0.4, 0.5) is 17.1 Å². The molecule has 0 saturated heterocycles. The minimum Gasteiger partial charge on any atom is -0.289 e. The van der Waals surface area contributed by atoms with Crippen LogP contribution in [0, 0.1) is 40.8 Å². The molecular formula is C24H14IN3O7. The summed E-state index contributed by atoms with van der Waals surface area (Å²) in [4.78, 5) is 43.3. The lowest BCUT2D eigenvalue weighted by Gasteiger charge is -2.04. The number of nitro benzene ring substituents is 3. The molecule has 0 aliphatic heterocycles. The second-order valence-corrected chi connectivity index (χ2v) is 8.85. The predicted molar refractivity (Wildman–Crippen MR) is 137 cm³/mol. The second-order valence-electron chi connectivity index (χ2n) is 7.69. The molecular weight excluding hydrogens is 569 g/mol. The third kappa shape index (κ3) is 4.45. The Morgan fingerprint density at radius 1 is 0.686 bits per heavy atom. The van der Waals surface area contributed by atoms with Crippen LogP contribution in [0.3, 0.4) is 0 Å². The number of fused-ring (bicyclic) bond motifs is 4. The van der Waals surface area contributed by atoms with Crippen molar-refractivity contribution in [2.45, 2.75) is 6.92 Å². The number of carbonyl (C=O) groups excluding carboxylic acids is 1. The van der Waals surface area contributed by atoms with Crippen LogP contribution in [0.2, 0.25) is 0 Å². The highest BCUT2D eigenvalue weighted by atomic mass is 127. The molecule has 35 heavy (non-hydrogen) atoms. The van der Waals surface area contributed by atoms with Gasteiger partial charge in [0.25, 0.3) is 17.1 Å². The van der Waals surface area contributed by atoms with Crippen molar-refractivity contribution >= 4 is 56.2 Å². The fourth-order valence-electron chi connectivity index (χ4n) is 3.89. The van der Waals surface area contributed by atoms with E-state index in [-0.39, 0.29) is 31.5 Å². The van der Waals surface area contributed by atoms with Crippen LogP contribution in [-0.4, -0.2) is 20.6 Å². The van der Waals surface area contributed by atoms with Gasteiger partial charge in [0.05, 0.1) is 26.4 Å². The van der Waals surface area contributed by atoms with Gasteiger partial charge in [0.15, 0.2) is 5.78 Å². The number of non-ortho nitro benzene ring substituents is 2. The molecule has 5 rings (SSSR count). The first-order valence-electron chi connectivity index (χ1n) is 10.0. The van der Waals surface area contributed by atoms with Crippen LogP contribution in [0.1, 0.15) is 21.5 Å². The van der Waals surface area contributed by atoms with E-state index in [0.29, 0.717) is 0 Å². The lowest BCUT2D eigenvalue weighted by atomic mass is 10.0. The summed E-state index contributed by atoms with van der Waals surface area (Å²) in [5.74, 6) is -0.714. The Labute approximate surface area is 210 Å². The highest BCUT2D eigenvalue weighted by Gasteiger charge is 2.38. The third-order valence-electron chi connectivity index (χ3n) is 5.44. The topological polar surface area (TPSA) is 146 Å². The Morgan fingerprint density at radius 2 is 1.26 bits per heavy atom. The Bertz CT molecular complexity index is 1580. The molecule has 0 saturated carbocycles. The molecule has 0 atom stereocenters. The zero-order valence-electron chi connectivity index (χ0n) is 17.9. The molecule has 0 heterocycles. The monoisotopic (exact) mass is 583 g/mol. The van der Waals surface area contributed by atoms with Gasteiger partial charge in [0.1, 0.15) is 0 Å². The minimum atomic E-state index is -0.836. The highest BCUT2D eigenvalue weighted by Crippen LogP contribution is 2.47. The zero-order valence-corrected chi connectivity index (χ0v) is 20.1. The number of carbonyl (C=O) groups is 1. The van der Waals surface area contributed by atoms with Gasteiger partial charge in [-0.05, 0) is 40.3 Å². The average molecular weight is 583 g/mol. The summed E-state index contributed by atoms with van der Waals surface area (Å²) in [6.07, 6.45) is 0. The van der Waals surface area contributed by atoms with Crippen LogP contribution in [0.15, 0.2) is 66.7 Å². The summed E-state index contributed by atoms with van der Waals surface area (Å²) in [5, 5.41) is 35.8. The molecule has 0 amide bonds. The predicted octanol–water partition coefficient (Wildman–Crippen LogP) is 6.38. The van der Waals surface area contributed by atoms with E-state index in [1.807, 2.05) is 0 Å². The zero-order chi connectivity index (χ0) is 25.4. The molecule has 0 N–H and O–H groups in total. The first-order chi connectivity index (χ1) is 16.6. The smallest absolute Gasteiger partial charge is 0.284 e. The average Bonchev–Trinajstić information content (AvgIpc) is 3.11. The Hall–Kier alpha value is -4.26. The van der Waals surface area contributed by atoms with Gasteiger partial charge in [0, 0.05) is 38.5 Å². The molecule has 4 aromatic carbocycles. The molecule has 0 radical (unpaired) electrons. The number of rotatable bonds is 3. The SMILES string of the molecule is Cc1ccc2ccccc2c1.O=C1c2cc([N+](=O)[O-])cc(I)c2-c2c1cc([N+](=O)[O-])cc2[N+](=O)[O-]. The molecule has 0 fully saturated rings. The summed E-state index contributed by atoms with van der Waals surface area (Å²) >= 11 is 1.74. The van der Waals surface area contributed by atoms with Crippen molar-refractivity contribution in [1.29, 1.82) is 0 Å². The second kappa shape index (κ2) is 9.18. The van der Waals surface area contributed by atoms with Crippen molar-refractivity contribution in [3.63, 3.8) is 0 Å². The lowest BCUT2D eigenvalue weighted by Crippen LogP contribution is -2.00. The van der Waals surface area contributed by atoms with Gasteiger partial charge in [-0.2, -0.15) is 0 Å². The maximum absolute atomic E-state index is 12.5. The molecule has 1 aliphatic rings. The van der Waals surface area contributed by atoms with Crippen molar-refractivity contribution in [2.24, 2.45) is 0 Å². The van der Waals surface area contributed by atoms with E-state index in [0.717, 1.165) is 18.2 Å². The van der Waals surface area contributed by atoms with Crippen molar-refractivity contribution in [3.05, 3.63) is 117 Å². The standard InChI is InChI=1S/C13H4IN3O7.C11H10/c14-9-3-5(15(19)20)1-7-11(9)12-8(13(7)18)2-6(16(21)22)4-10(12)17(23)24;1-9-6-7-10-4-2-3-5-11(10)8-9/h1-4H;2-8H,1H3. The minimum absolute atomic E-state index is 0.0510. The Morgan fingerprint density at radius 3 is 1.86 bits per heavy atom. The van der Waals surface area contributed by atoms with E-state index in [2.05, 4.69) is 49.4 Å². The third-order valence-corrected chi connectivity index (χ3v) is 6.29. The number of hydrogen-bond acceptors (Lipinski definition) is 7. The first-order valence-corrected chi connectivity index (χ1v) is 11.1. The van der Waals surface area contributed by atoms with Crippen LogP contribution in [0.25, 0.3) is 21.9 Å². The molecule has 4 aromatic rings. The van der Waals surface area contributed by atoms with Crippen molar-refractivity contribution in [3.8, 4) is 11.1 Å². The van der Waals surface area contributed by atoms with Crippen molar-refractivity contribution < 1.29 is 19.6 Å². The number of nitro groups is 3. The van der Waals surface area contributed by atoms with Crippen molar-refractivity contribution in [1.82, 2.24) is 0 Å². The van der Waals surface area contributed by atoms with Crippen LogP contribution in [0.5, 0.6) is 0 Å². The summed E-state index contributed by atoms with van der Waals surface area (Å²) in [6.45, 7) is 2.12. The van der Waals surface area contributed by atoms with E-state index in [9.17, 15) is 35.1 Å². The fourth-order valence-corrected chi connectivity index (χ4v) is 4.77. The lowest BCUT2D eigenvalue weighted by molar-refractivity contribution is -0.393. The molecule has 1 aliphatic carbocycles. The Kier molecular flexibility index (Phi) is 6.26. The molecule has 0 unspecified atom stereocenters. The van der Waals surface area contributed by atoms with E-state index in [1.54, 1.807) is 22.6 Å². The molecule has 0 bridgehead atoms. The van der Waals surface area contributed by atoms with Gasteiger partial charge >= 0.3 is 0 Å². The number of benzene rings is 4. The molecule has 10 nitrogen and oxygen atoms in total. The number of hydrogen-bond donors (Lipinski definition) is 0. The van der Waals surface area contributed by atoms with E-state index < -0.39 is 31.9 Å². The van der Waals surface area contributed by atoms with E-state index in [4.69, 9.17) is 0 Å².